The number of fused-ring (bicyclic) bond motifs is 2. The first kappa shape index (κ1) is 14.0. The van der Waals surface area contributed by atoms with E-state index >= 15 is 0 Å². The van der Waals surface area contributed by atoms with Crippen LogP contribution in [0.1, 0.15) is 11.3 Å². The highest BCUT2D eigenvalue weighted by molar-refractivity contribution is 8.00. The predicted molar refractivity (Wildman–Crippen MR) is 92.2 cm³/mol. The quantitative estimate of drug-likeness (QED) is 0.518. The lowest BCUT2D eigenvalue weighted by Gasteiger charge is -2.02. The molecule has 0 aliphatic heterocycles. The highest BCUT2D eigenvalue weighted by Crippen LogP contribution is 2.29. The van der Waals surface area contributed by atoms with Crippen LogP contribution in [0.25, 0.3) is 15.9 Å². The van der Waals surface area contributed by atoms with Crippen LogP contribution in [0.2, 0.25) is 5.15 Å². The molecule has 0 spiro atoms. The van der Waals surface area contributed by atoms with E-state index in [-0.39, 0.29) is 0 Å². The predicted octanol–water partition coefficient (Wildman–Crippen LogP) is 4.31. The Morgan fingerprint density at radius 2 is 2.18 bits per heavy atom. The SMILES string of the molecule is CSc1nc2ccc(Cc3cnc4ccc(Cl)nn34)cc2s1. The Labute approximate surface area is 140 Å². The van der Waals surface area contributed by atoms with E-state index in [0.717, 1.165) is 27.6 Å². The number of thiazole rings is 1. The van der Waals surface area contributed by atoms with Gasteiger partial charge in [-0.15, -0.1) is 11.3 Å². The second kappa shape index (κ2) is 5.53. The van der Waals surface area contributed by atoms with E-state index in [1.54, 1.807) is 33.7 Å². The highest BCUT2D eigenvalue weighted by Gasteiger charge is 2.08. The minimum absolute atomic E-state index is 0.467. The van der Waals surface area contributed by atoms with Crippen LogP contribution >= 0.6 is 34.7 Å². The van der Waals surface area contributed by atoms with Crippen LogP contribution in [-0.2, 0) is 6.42 Å². The largest absolute Gasteiger partial charge is 0.235 e. The number of imidazole rings is 1. The van der Waals surface area contributed by atoms with E-state index in [0.29, 0.717) is 5.15 Å². The number of benzene rings is 1. The van der Waals surface area contributed by atoms with Gasteiger partial charge in [-0.3, -0.25) is 0 Å². The molecule has 1 aromatic carbocycles. The van der Waals surface area contributed by atoms with Gasteiger partial charge in [0.05, 0.1) is 22.1 Å². The van der Waals surface area contributed by atoms with Gasteiger partial charge in [-0.1, -0.05) is 29.4 Å². The molecule has 4 rings (SSSR count). The molecule has 0 saturated heterocycles. The van der Waals surface area contributed by atoms with Crippen LogP contribution in [0.5, 0.6) is 0 Å². The molecule has 0 radical (unpaired) electrons. The van der Waals surface area contributed by atoms with E-state index in [1.165, 1.54) is 10.3 Å². The fourth-order valence-corrected chi connectivity index (χ4v) is 4.06. The lowest BCUT2D eigenvalue weighted by molar-refractivity contribution is 0.872. The Bertz CT molecular complexity index is 976. The van der Waals surface area contributed by atoms with Crippen molar-refractivity contribution < 1.29 is 0 Å². The summed E-state index contributed by atoms with van der Waals surface area (Å²) in [5.74, 6) is 0. The summed E-state index contributed by atoms with van der Waals surface area (Å²) in [6.07, 6.45) is 4.66. The number of aromatic nitrogens is 4. The average molecular weight is 347 g/mol. The summed E-state index contributed by atoms with van der Waals surface area (Å²) in [5, 5.41) is 4.78. The first-order valence-electron chi connectivity index (χ1n) is 6.65. The van der Waals surface area contributed by atoms with Gasteiger partial charge in [-0.05, 0) is 36.1 Å². The van der Waals surface area contributed by atoms with Gasteiger partial charge in [0.15, 0.2) is 9.99 Å². The Morgan fingerprint density at radius 3 is 3.05 bits per heavy atom. The van der Waals surface area contributed by atoms with Crippen LogP contribution in [0.15, 0.2) is 40.9 Å². The molecule has 0 aliphatic carbocycles. The molecule has 3 aromatic heterocycles. The summed E-state index contributed by atoms with van der Waals surface area (Å²) >= 11 is 9.38. The fraction of sp³-hybridized carbons (Fsp3) is 0.133. The average Bonchev–Trinajstić information content (AvgIpc) is 3.11. The number of rotatable bonds is 3. The second-order valence-electron chi connectivity index (χ2n) is 4.84. The number of nitrogens with zero attached hydrogens (tertiary/aromatic N) is 4. The monoisotopic (exact) mass is 346 g/mol. The van der Waals surface area contributed by atoms with Gasteiger partial charge in [0.25, 0.3) is 0 Å². The second-order valence-corrected chi connectivity index (χ2v) is 7.31. The molecule has 0 bridgehead atoms. The Morgan fingerprint density at radius 1 is 1.27 bits per heavy atom. The summed E-state index contributed by atoms with van der Waals surface area (Å²) in [6, 6.07) is 9.99. The third-order valence-corrected chi connectivity index (χ3v) is 5.60. The molecule has 22 heavy (non-hydrogen) atoms. The zero-order valence-electron chi connectivity index (χ0n) is 11.7. The van der Waals surface area contributed by atoms with E-state index in [9.17, 15) is 0 Å². The molecule has 0 aliphatic rings. The van der Waals surface area contributed by atoms with Gasteiger partial charge in [-0.2, -0.15) is 5.10 Å². The molecule has 4 aromatic rings. The zero-order chi connectivity index (χ0) is 15.1. The zero-order valence-corrected chi connectivity index (χ0v) is 14.0. The molecule has 0 amide bonds. The number of halogens is 1. The number of hydrogen-bond acceptors (Lipinski definition) is 5. The van der Waals surface area contributed by atoms with E-state index < -0.39 is 0 Å². The van der Waals surface area contributed by atoms with Gasteiger partial charge in [0.1, 0.15) is 5.15 Å². The van der Waals surface area contributed by atoms with Crippen molar-refractivity contribution in [2.75, 3.05) is 6.26 Å². The van der Waals surface area contributed by atoms with Gasteiger partial charge < -0.3 is 0 Å². The number of hydrogen-bond donors (Lipinski definition) is 0. The van der Waals surface area contributed by atoms with Crippen molar-refractivity contribution in [2.45, 2.75) is 10.8 Å². The summed E-state index contributed by atoms with van der Waals surface area (Å²) in [4.78, 5) is 8.93. The van der Waals surface area contributed by atoms with Crippen molar-refractivity contribution in [3.05, 3.63) is 52.9 Å². The van der Waals surface area contributed by atoms with Crippen LogP contribution in [0.4, 0.5) is 0 Å². The number of thioether (sulfide) groups is 1. The maximum atomic E-state index is 5.98. The summed E-state index contributed by atoms with van der Waals surface area (Å²) < 4.78 is 4.10. The van der Waals surface area contributed by atoms with E-state index in [1.807, 2.05) is 18.5 Å². The molecule has 0 atom stereocenters. The fourth-order valence-electron chi connectivity index (χ4n) is 2.37. The van der Waals surface area contributed by atoms with Crippen LogP contribution < -0.4 is 0 Å². The molecule has 0 fully saturated rings. The maximum absolute atomic E-state index is 5.98. The smallest absolute Gasteiger partial charge is 0.153 e. The van der Waals surface area contributed by atoms with Crippen molar-refractivity contribution in [1.82, 2.24) is 19.6 Å². The van der Waals surface area contributed by atoms with Crippen LogP contribution in [0.3, 0.4) is 0 Å². The minimum Gasteiger partial charge on any atom is -0.235 e. The summed E-state index contributed by atoms with van der Waals surface area (Å²) in [7, 11) is 0. The van der Waals surface area contributed by atoms with Crippen LogP contribution in [0, 0.1) is 0 Å². The first-order valence-corrected chi connectivity index (χ1v) is 9.07. The van der Waals surface area contributed by atoms with Gasteiger partial charge in [-0.25, -0.2) is 14.5 Å². The standard InChI is InChI=1S/C15H11ClN4S2/c1-21-15-18-11-3-2-9(7-12(11)22-15)6-10-8-17-14-5-4-13(16)19-20(10)14/h2-5,7-8H,6H2,1H3. The molecule has 4 nitrogen and oxygen atoms in total. The third kappa shape index (κ3) is 2.47. The lowest BCUT2D eigenvalue weighted by atomic mass is 10.1. The van der Waals surface area contributed by atoms with E-state index in [2.05, 4.69) is 33.3 Å². The first-order chi connectivity index (χ1) is 10.7. The van der Waals surface area contributed by atoms with Crippen molar-refractivity contribution in [3.8, 4) is 0 Å². The Hall–Kier alpha value is -1.63. The minimum atomic E-state index is 0.467. The van der Waals surface area contributed by atoms with Crippen molar-refractivity contribution >= 4 is 50.6 Å². The van der Waals surface area contributed by atoms with Crippen molar-refractivity contribution in [1.29, 1.82) is 0 Å². The topological polar surface area (TPSA) is 43.1 Å². The highest BCUT2D eigenvalue weighted by atomic mass is 35.5. The summed E-state index contributed by atoms with van der Waals surface area (Å²) in [5.41, 5.74) is 4.10. The van der Waals surface area contributed by atoms with Crippen molar-refractivity contribution in [3.63, 3.8) is 0 Å². The molecule has 0 unspecified atom stereocenters. The van der Waals surface area contributed by atoms with Gasteiger partial charge in [0, 0.05) is 6.42 Å². The molecule has 0 N–H and O–H groups in total. The van der Waals surface area contributed by atoms with E-state index in [4.69, 9.17) is 11.6 Å². The third-order valence-electron chi connectivity index (χ3n) is 3.39. The molecular formula is C15H11ClN4S2. The summed E-state index contributed by atoms with van der Waals surface area (Å²) in [6.45, 7) is 0. The Kier molecular flexibility index (Phi) is 3.52. The molecular weight excluding hydrogens is 336 g/mol. The normalized spacial score (nSPS) is 11.5. The van der Waals surface area contributed by atoms with Gasteiger partial charge >= 0.3 is 0 Å². The maximum Gasteiger partial charge on any atom is 0.153 e. The lowest BCUT2D eigenvalue weighted by Crippen LogP contribution is -1.98. The molecule has 7 heteroatoms. The molecule has 3 heterocycles. The molecule has 110 valence electrons. The van der Waals surface area contributed by atoms with Gasteiger partial charge in [0.2, 0.25) is 0 Å². The molecule has 0 saturated carbocycles. The van der Waals surface area contributed by atoms with Crippen molar-refractivity contribution in [2.24, 2.45) is 0 Å². The Balaban J connectivity index is 1.73. The van der Waals surface area contributed by atoms with Crippen LogP contribution in [-0.4, -0.2) is 25.8 Å².